The molecule has 1 aromatic heterocycles. The van der Waals surface area contributed by atoms with E-state index >= 15 is 0 Å². The van der Waals surface area contributed by atoms with Gasteiger partial charge >= 0.3 is 0 Å². The number of carbonyl (C=O) groups is 1. The summed E-state index contributed by atoms with van der Waals surface area (Å²) in [5, 5.41) is 3.59. The quantitative estimate of drug-likeness (QED) is 0.473. The van der Waals surface area contributed by atoms with Gasteiger partial charge in [-0.3, -0.25) is 9.69 Å². The summed E-state index contributed by atoms with van der Waals surface area (Å²) in [7, 11) is 0. The fourth-order valence-electron chi connectivity index (χ4n) is 3.57. The third kappa shape index (κ3) is 3.76. The standard InChI is InChI=1S/C25H24N2OS/c1-3-5-11-18(4-2)22-16-17-23(29-22)24-26-21-15-10-9-14-20(21)25(28)27(24)19-12-7-6-8-13-19/h3,5-17,24,26H,4H2,1-2H3. The Morgan fingerprint density at radius 1 is 1.07 bits per heavy atom. The molecule has 0 radical (unpaired) electrons. The van der Waals surface area contributed by atoms with Crippen molar-refractivity contribution in [1.29, 1.82) is 0 Å². The lowest BCUT2D eigenvalue weighted by Gasteiger charge is -2.37. The van der Waals surface area contributed by atoms with Gasteiger partial charge in [0, 0.05) is 21.1 Å². The van der Waals surface area contributed by atoms with Crippen LogP contribution in [-0.4, -0.2) is 5.91 Å². The first-order chi connectivity index (χ1) is 14.2. The largest absolute Gasteiger partial charge is 0.360 e. The Morgan fingerprint density at radius 3 is 2.59 bits per heavy atom. The average Bonchev–Trinajstić information content (AvgIpc) is 3.25. The van der Waals surface area contributed by atoms with E-state index in [0.29, 0.717) is 5.56 Å². The van der Waals surface area contributed by atoms with Crippen LogP contribution in [0, 0.1) is 0 Å². The highest BCUT2D eigenvalue weighted by atomic mass is 32.1. The van der Waals surface area contributed by atoms with Crippen molar-refractivity contribution >= 4 is 34.2 Å². The van der Waals surface area contributed by atoms with Crippen LogP contribution in [0.25, 0.3) is 5.57 Å². The molecule has 3 nitrogen and oxygen atoms in total. The molecule has 1 amide bonds. The smallest absolute Gasteiger partial charge is 0.262 e. The van der Waals surface area contributed by atoms with Gasteiger partial charge in [0.05, 0.1) is 5.56 Å². The number of benzene rings is 2. The molecule has 0 saturated heterocycles. The Kier molecular flexibility index (Phi) is 5.63. The lowest BCUT2D eigenvalue weighted by molar-refractivity contribution is 0.0975. The first-order valence-electron chi connectivity index (χ1n) is 9.89. The lowest BCUT2D eigenvalue weighted by Crippen LogP contribution is -2.42. The molecular weight excluding hydrogens is 376 g/mol. The monoisotopic (exact) mass is 400 g/mol. The zero-order chi connectivity index (χ0) is 20.2. The predicted octanol–water partition coefficient (Wildman–Crippen LogP) is 6.89. The molecule has 0 saturated carbocycles. The third-order valence-corrected chi connectivity index (χ3v) is 6.26. The molecule has 4 heteroatoms. The number of fused-ring (bicyclic) bond motifs is 1. The normalized spacial score (nSPS) is 16.8. The molecule has 1 atom stereocenters. The highest BCUT2D eigenvalue weighted by molar-refractivity contribution is 7.13. The SMILES string of the molecule is CC=CC=C(CC)c1ccc(C2Nc3ccccc3C(=O)N2c2ccccc2)s1. The van der Waals surface area contributed by atoms with Gasteiger partial charge in [0.25, 0.3) is 5.91 Å². The van der Waals surface area contributed by atoms with Gasteiger partial charge in [-0.1, -0.05) is 55.5 Å². The van der Waals surface area contributed by atoms with Crippen LogP contribution in [0.2, 0.25) is 0 Å². The fourth-order valence-corrected chi connectivity index (χ4v) is 4.71. The van der Waals surface area contributed by atoms with E-state index in [1.54, 1.807) is 11.3 Å². The first-order valence-corrected chi connectivity index (χ1v) is 10.7. The number of hydrogen-bond donors (Lipinski definition) is 1. The van der Waals surface area contributed by atoms with Crippen molar-refractivity contribution in [3.05, 3.63) is 100 Å². The van der Waals surface area contributed by atoms with Gasteiger partial charge in [-0.25, -0.2) is 0 Å². The number of thiophene rings is 1. The first kappa shape index (κ1) is 19.2. The Morgan fingerprint density at radius 2 is 1.83 bits per heavy atom. The number of anilines is 2. The summed E-state index contributed by atoms with van der Waals surface area (Å²) < 4.78 is 0. The van der Waals surface area contributed by atoms with Gasteiger partial charge in [-0.2, -0.15) is 0 Å². The van der Waals surface area contributed by atoms with E-state index in [4.69, 9.17) is 0 Å². The molecule has 0 fully saturated rings. The second-order valence-electron chi connectivity index (χ2n) is 6.88. The van der Waals surface area contributed by atoms with Crippen molar-refractivity contribution in [2.45, 2.75) is 26.4 Å². The van der Waals surface area contributed by atoms with Crippen LogP contribution < -0.4 is 10.2 Å². The van der Waals surface area contributed by atoms with Gasteiger partial charge in [-0.05, 0) is 55.3 Å². The summed E-state index contributed by atoms with van der Waals surface area (Å²) >= 11 is 1.74. The summed E-state index contributed by atoms with van der Waals surface area (Å²) in [5.74, 6) is 0.0191. The molecule has 0 bridgehead atoms. The molecule has 146 valence electrons. The van der Waals surface area contributed by atoms with Crippen molar-refractivity contribution in [2.24, 2.45) is 0 Å². The van der Waals surface area contributed by atoms with Gasteiger partial charge in [0.1, 0.15) is 6.17 Å². The van der Waals surface area contributed by atoms with Crippen molar-refractivity contribution < 1.29 is 4.79 Å². The van der Waals surface area contributed by atoms with Crippen LogP contribution >= 0.6 is 11.3 Å². The molecule has 4 rings (SSSR count). The van der Waals surface area contributed by atoms with Gasteiger partial charge in [-0.15, -0.1) is 11.3 Å². The molecule has 0 spiro atoms. The van der Waals surface area contributed by atoms with E-state index in [2.05, 4.69) is 36.5 Å². The molecule has 1 unspecified atom stereocenters. The zero-order valence-electron chi connectivity index (χ0n) is 16.6. The second-order valence-corrected chi connectivity index (χ2v) is 7.99. The Balaban J connectivity index is 1.78. The van der Waals surface area contributed by atoms with Crippen LogP contribution in [-0.2, 0) is 0 Å². The number of carbonyl (C=O) groups excluding carboxylic acids is 1. The van der Waals surface area contributed by atoms with Crippen molar-refractivity contribution in [2.75, 3.05) is 10.2 Å². The summed E-state index contributed by atoms with van der Waals surface area (Å²) in [6.07, 6.45) is 7.01. The molecule has 1 N–H and O–H groups in total. The maximum absolute atomic E-state index is 13.4. The Labute approximate surface area is 176 Å². The second kappa shape index (κ2) is 8.50. The number of allylic oxidation sites excluding steroid dienone is 4. The van der Waals surface area contributed by atoms with Crippen molar-refractivity contribution in [3.8, 4) is 0 Å². The number of nitrogens with zero attached hydrogens (tertiary/aromatic N) is 1. The zero-order valence-corrected chi connectivity index (χ0v) is 17.4. The van der Waals surface area contributed by atoms with E-state index in [-0.39, 0.29) is 12.1 Å². The minimum absolute atomic E-state index is 0.0191. The van der Waals surface area contributed by atoms with Crippen LogP contribution in [0.1, 0.15) is 46.5 Å². The average molecular weight is 401 g/mol. The molecule has 1 aliphatic rings. The van der Waals surface area contributed by atoms with Crippen molar-refractivity contribution in [1.82, 2.24) is 0 Å². The Bertz CT molecular complexity index is 1070. The van der Waals surface area contributed by atoms with Gasteiger partial charge in [0.15, 0.2) is 0 Å². The van der Waals surface area contributed by atoms with E-state index in [1.807, 2.05) is 72.5 Å². The third-order valence-electron chi connectivity index (χ3n) is 5.04. The van der Waals surface area contributed by atoms with Gasteiger partial charge < -0.3 is 5.32 Å². The summed E-state index contributed by atoms with van der Waals surface area (Å²) in [6.45, 7) is 4.19. The molecule has 2 heterocycles. The molecule has 29 heavy (non-hydrogen) atoms. The lowest BCUT2D eigenvalue weighted by atomic mass is 10.1. The highest BCUT2D eigenvalue weighted by Gasteiger charge is 2.34. The maximum atomic E-state index is 13.4. The fraction of sp³-hybridized carbons (Fsp3) is 0.160. The number of hydrogen-bond acceptors (Lipinski definition) is 3. The van der Waals surface area contributed by atoms with Crippen LogP contribution in [0.15, 0.2) is 85.0 Å². The summed E-state index contributed by atoms with van der Waals surface area (Å²) in [5.41, 5.74) is 3.77. The topological polar surface area (TPSA) is 32.3 Å². The number of para-hydroxylation sites is 2. The molecule has 3 aromatic rings. The van der Waals surface area contributed by atoms with E-state index in [0.717, 1.165) is 22.7 Å². The highest BCUT2D eigenvalue weighted by Crippen LogP contribution is 2.40. The number of rotatable bonds is 5. The molecule has 1 aliphatic heterocycles. The van der Waals surface area contributed by atoms with Crippen LogP contribution in [0.4, 0.5) is 11.4 Å². The predicted molar refractivity (Wildman–Crippen MR) is 123 cm³/mol. The van der Waals surface area contributed by atoms with Crippen LogP contribution in [0.5, 0.6) is 0 Å². The van der Waals surface area contributed by atoms with E-state index < -0.39 is 0 Å². The Hall–Kier alpha value is -3.11. The van der Waals surface area contributed by atoms with E-state index in [9.17, 15) is 4.79 Å². The minimum Gasteiger partial charge on any atom is -0.360 e. The number of amides is 1. The minimum atomic E-state index is -0.238. The molecular formula is C25H24N2OS. The van der Waals surface area contributed by atoms with Gasteiger partial charge in [0.2, 0.25) is 0 Å². The summed E-state index contributed by atoms with van der Waals surface area (Å²) in [6, 6.07) is 21.9. The summed E-state index contributed by atoms with van der Waals surface area (Å²) in [4.78, 5) is 17.6. The maximum Gasteiger partial charge on any atom is 0.262 e. The van der Waals surface area contributed by atoms with E-state index in [1.165, 1.54) is 10.5 Å². The molecule has 2 aromatic carbocycles. The van der Waals surface area contributed by atoms with Crippen molar-refractivity contribution in [3.63, 3.8) is 0 Å². The number of nitrogens with one attached hydrogen (secondary N) is 1. The van der Waals surface area contributed by atoms with Crippen LogP contribution in [0.3, 0.4) is 0 Å². The molecule has 0 aliphatic carbocycles.